The number of esters is 4. The van der Waals surface area contributed by atoms with E-state index in [9.17, 15) is 43.2 Å². The van der Waals surface area contributed by atoms with Crippen molar-refractivity contribution < 1.29 is 80.2 Å². The van der Waals surface area contributed by atoms with Crippen molar-refractivity contribution >= 4 is 39.5 Å². The van der Waals surface area contributed by atoms with Crippen LogP contribution in [0.5, 0.6) is 0 Å². The van der Waals surface area contributed by atoms with Crippen LogP contribution in [0.2, 0.25) is 0 Å². The van der Waals surface area contributed by atoms with Crippen LogP contribution in [0.4, 0.5) is 0 Å². The fourth-order valence-corrected chi connectivity index (χ4v) is 10.3. The summed E-state index contributed by atoms with van der Waals surface area (Å²) in [6.45, 7) is 13.8. The van der Waals surface area contributed by atoms with Gasteiger partial charge in [0, 0.05) is 25.7 Å². The maximum absolute atomic E-state index is 12.9. The van der Waals surface area contributed by atoms with Crippen molar-refractivity contribution in [2.24, 2.45) is 23.7 Å². The Kier molecular flexibility index (Phi) is 49.3. The van der Waals surface area contributed by atoms with Gasteiger partial charge in [0.25, 0.3) is 0 Å². The molecular weight excluding hydrogens is 1050 g/mol. The van der Waals surface area contributed by atoms with E-state index in [-0.39, 0.29) is 25.7 Å². The summed E-state index contributed by atoms with van der Waals surface area (Å²) >= 11 is 0. The Balaban J connectivity index is 5.25. The second kappa shape index (κ2) is 50.6. The predicted molar refractivity (Wildman–Crippen MR) is 312 cm³/mol. The summed E-state index contributed by atoms with van der Waals surface area (Å²) in [7, 11) is -9.88. The Bertz CT molecular complexity index is 1600. The Morgan fingerprint density at radius 2 is 0.608 bits per heavy atom. The third-order valence-corrected chi connectivity index (χ3v) is 15.8. The average molecular weight is 1170 g/mol. The van der Waals surface area contributed by atoms with Gasteiger partial charge in [-0.1, -0.05) is 229 Å². The van der Waals surface area contributed by atoms with Gasteiger partial charge >= 0.3 is 39.5 Å². The molecule has 0 aliphatic carbocycles. The number of carbonyl (C=O) groups is 4. The Hall–Kier alpha value is -1.94. The van der Waals surface area contributed by atoms with Gasteiger partial charge < -0.3 is 33.8 Å². The van der Waals surface area contributed by atoms with Crippen molar-refractivity contribution in [3.05, 3.63) is 0 Å². The van der Waals surface area contributed by atoms with Gasteiger partial charge in [-0.05, 0) is 49.4 Å². The highest BCUT2D eigenvalue weighted by Gasteiger charge is 2.30. The third kappa shape index (κ3) is 53.8. The molecule has 0 aromatic rings. The molecule has 17 nitrogen and oxygen atoms in total. The second-order valence-corrected chi connectivity index (χ2v) is 26.3. The van der Waals surface area contributed by atoms with Crippen molar-refractivity contribution in [2.45, 2.75) is 298 Å². The van der Waals surface area contributed by atoms with Crippen LogP contribution in [0, 0.1) is 23.7 Å². The van der Waals surface area contributed by atoms with E-state index in [4.69, 9.17) is 37.0 Å². The maximum atomic E-state index is 12.9. The Labute approximate surface area is 479 Å². The van der Waals surface area contributed by atoms with Crippen LogP contribution < -0.4 is 0 Å². The molecule has 0 saturated heterocycles. The largest absolute Gasteiger partial charge is 0.472 e. The van der Waals surface area contributed by atoms with Gasteiger partial charge in [0.05, 0.1) is 26.4 Å². The molecule has 0 amide bonds. The first-order valence-corrected chi connectivity index (χ1v) is 34.2. The van der Waals surface area contributed by atoms with Gasteiger partial charge in [-0.2, -0.15) is 0 Å². The number of unbranched alkanes of at least 4 members (excludes halogenated alkanes) is 22. The summed E-state index contributed by atoms with van der Waals surface area (Å²) < 4.78 is 67.7. The van der Waals surface area contributed by atoms with E-state index >= 15 is 0 Å². The number of rotatable bonds is 57. The number of hydrogen-bond donors (Lipinski definition) is 3. The molecule has 0 heterocycles. The molecular formula is C60H116O17P2. The van der Waals surface area contributed by atoms with Crippen LogP contribution in [0.15, 0.2) is 0 Å². The summed E-state index contributed by atoms with van der Waals surface area (Å²) in [6.07, 6.45) is 28.4. The number of carbonyl (C=O) groups excluding carboxylic acids is 4. The minimum absolute atomic E-state index is 0.101. The predicted octanol–water partition coefficient (Wildman–Crippen LogP) is 15.8. The first kappa shape index (κ1) is 77.1. The molecule has 3 unspecified atom stereocenters. The molecule has 0 saturated carbocycles. The van der Waals surface area contributed by atoms with Gasteiger partial charge in [0.1, 0.15) is 19.3 Å². The number of aliphatic hydroxyl groups is 1. The molecule has 0 rings (SSSR count). The van der Waals surface area contributed by atoms with E-state index in [2.05, 4.69) is 55.4 Å². The molecule has 0 aromatic carbocycles. The molecule has 0 fully saturated rings. The van der Waals surface area contributed by atoms with Gasteiger partial charge in [-0.15, -0.1) is 0 Å². The molecule has 0 aromatic heterocycles. The number of aliphatic hydroxyl groups excluding tert-OH is 1. The van der Waals surface area contributed by atoms with Crippen LogP contribution in [-0.2, 0) is 65.4 Å². The molecule has 3 N–H and O–H groups in total. The van der Waals surface area contributed by atoms with Crippen molar-refractivity contribution in [3.8, 4) is 0 Å². The topological polar surface area (TPSA) is 237 Å². The summed E-state index contributed by atoms with van der Waals surface area (Å²) in [4.78, 5) is 71.9. The minimum atomic E-state index is -4.94. The van der Waals surface area contributed by atoms with E-state index in [1.165, 1.54) is 70.6 Å². The lowest BCUT2D eigenvalue weighted by Gasteiger charge is -2.21. The zero-order valence-corrected chi connectivity index (χ0v) is 52.8. The van der Waals surface area contributed by atoms with Crippen LogP contribution in [0.3, 0.4) is 0 Å². The van der Waals surface area contributed by atoms with Crippen LogP contribution in [0.25, 0.3) is 0 Å². The van der Waals surface area contributed by atoms with Crippen molar-refractivity contribution in [1.29, 1.82) is 0 Å². The van der Waals surface area contributed by atoms with E-state index in [1.807, 2.05) is 0 Å². The lowest BCUT2D eigenvalue weighted by Crippen LogP contribution is -2.30. The van der Waals surface area contributed by atoms with Gasteiger partial charge in [-0.3, -0.25) is 37.3 Å². The standard InChI is InChI=1S/C60H116O17P2/c1-9-53(8)39-31-23-17-19-25-33-41-58(63)71-47-56(77-60(65)43-35-27-15-11-13-21-29-37-51(4)5)49-75-79(68,69)73-45-54(61)44-72-78(66,67)74-48-55(46-70-57(62)40-32-24-18-16-22-30-38-52(6)7)76-59(64)42-34-26-14-10-12-20-28-36-50(2)3/h50-56,61H,9-49H2,1-8H3,(H,66,67)(H,68,69)/t53?,54-,55+,56+/m0/s1. The monoisotopic (exact) mass is 1170 g/mol. The van der Waals surface area contributed by atoms with Crippen molar-refractivity contribution in [2.75, 3.05) is 39.6 Å². The SMILES string of the molecule is CCC(C)CCCCCCCCC(=O)OC[C@H](COP(=O)(O)OC[C@@H](O)COP(=O)(O)OC[C@@H](COC(=O)CCCCCCCCC(C)C)OC(=O)CCCCCCCCCC(C)C)OC(=O)CCCCCCCCCC(C)C. The van der Waals surface area contributed by atoms with E-state index < -0.39 is 97.5 Å². The normalized spacial score (nSPS) is 14.9. The number of phosphoric ester groups is 2. The van der Waals surface area contributed by atoms with Crippen molar-refractivity contribution in [3.63, 3.8) is 0 Å². The van der Waals surface area contributed by atoms with Crippen LogP contribution in [0.1, 0.15) is 280 Å². The average Bonchev–Trinajstić information content (AvgIpc) is 3.39. The van der Waals surface area contributed by atoms with E-state index in [0.29, 0.717) is 43.4 Å². The molecule has 19 heteroatoms. The Morgan fingerprint density at radius 3 is 0.899 bits per heavy atom. The molecule has 79 heavy (non-hydrogen) atoms. The molecule has 0 aliphatic rings. The molecule has 0 aliphatic heterocycles. The fourth-order valence-electron chi connectivity index (χ4n) is 8.69. The molecule has 0 spiro atoms. The summed E-state index contributed by atoms with van der Waals surface area (Å²) in [5.74, 6) is 0.651. The first-order chi connectivity index (χ1) is 37.6. The zero-order valence-electron chi connectivity index (χ0n) is 51.0. The maximum Gasteiger partial charge on any atom is 0.472 e. The van der Waals surface area contributed by atoms with Crippen molar-refractivity contribution in [1.82, 2.24) is 0 Å². The smallest absolute Gasteiger partial charge is 0.462 e. The van der Waals surface area contributed by atoms with Crippen LogP contribution >= 0.6 is 15.6 Å². The third-order valence-electron chi connectivity index (χ3n) is 13.9. The number of ether oxygens (including phenoxy) is 4. The molecule has 0 radical (unpaired) electrons. The highest BCUT2D eigenvalue weighted by atomic mass is 31.2. The first-order valence-electron chi connectivity index (χ1n) is 31.2. The summed E-state index contributed by atoms with van der Waals surface area (Å²) in [5.41, 5.74) is 0. The van der Waals surface area contributed by atoms with E-state index in [1.54, 1.807) is 0 Å². The summed E-state index contributed by atoms with van der Waals surface area (Å²) in [5, 5.41) is 10.5. The summed E-state index contributed by atoms with van der Waals surface area (Å²) in [6, 6.07) is 0. The zero-order chi connectivity index (χ0) is 59.0. The highest BCUT2D eigenvalue weighted by molar-refractivity contribution is 7.47. The van der Waals surface area contributed by atoms with E-state index in [0.717, 1.165) is 109 Å². The Morgan fingerprint density at radius 1 is 0.354 bits per heavy atom. The highest BCUT2D eigenvalue weighted by Crippen LogP contribution is 2.45. The molecule has 468 valence electrons. The molecule has 6 atom stereocenters. The fraction of sp³-hybridized carbons (Fsp3) is 0.933. The van der Waals surface area contributed by atoms with Crippen LogP contribution in [-0.4, -0.2) is 96.7 Å². The van der Waals surface area contributed by atoms with Gasteiger partial charge in [0.2, 0.25) is 0 Å². The number of phosphoric acid groups is 2. The minimum Gasteiger partial charge on any atom is -0.462 e. The lowest BCUT2D eigenvalue weighted by molar-refractivity contribution is -0.161. The van der Waals surface area contributed by atoms with Gasteiger partial charge in [-0.25, -0.2) is 9.13 Å². The second-order valence-electron chi connectivity index (χ2n) is 23.4. The lowest BCUT2D eigenvalue weighted by atomic mass is 10.00. The quantitative estimate of drug-likeness (QED) is 0.0222. The molecule has 0 bridgehead atoms. The van der Waals surface area contributed by atoms with Gasteiger partial charge in [0.15, 0.2) is 12.2 Å². The number of hydrogen-bond acceptors (Lipinski definition) is 15.